The fourth-order valence-corrected chi connectivity index (χ4v) is 3.29. The molecule has 6 heteroatoms. The van der Waals surface area contributed by atoms with Crippen LogP contribution in [0.5, 0.6) is 0 Å². The summed E-state index contributed by atoms with van der Waals surface area (Å²) >= 11 is 0. The number of hydrogen-bond acceptors (Lipinski definition) is 5. The minimum atomic E-state index is -3.24. The predicted molar refractivity (Wildman–Crippen MR) is 69.2 cm³/mol. The maximum atomic E-state index is 11.7. The van der Waals surface area contributed by atoms with Crippen LogP contribution in [0, 0.1) is 0 Å². The van der Waals surface area contributed by atoms with Crippen LogP contribution in [0.25, 0.3) is 0 Å². The Kier molecular flexibility index (Phi) is 3.97. The number of aromatic nitrogens is 2. The molecule has 0 atom stereocenters. The molecule has 5 nitrogen and oxygen atoms in total. The first-order valence-electron chi connectivity index (χ1n) is 6.24. The lowest BCUT2D eigenvalue weighted by atomic mass is 9.93. The van der Waals surface area contributed by atoms with Gasteiger partial charge in [-0.1, -0.05) is 6.92 Å². The van der Waals surface area contributed by atoms with Crippen molar-refractivity contribution in [1.29, 1.82) is 0 Å². The van der Waals surface area contributed by atoms with Crippen molar-refractivity contribution in [2.24, 2.45) is 0 Å². The molecule has 0 aromatic carbocycles. The maximum absolute atomic E-state index is 11.7. The van der Waals surface area contributed by atoms with Crippen LogP contribution in [0.15, 0.2) is 17.4 Å². The zero-order valence-electron chi connectivity index (χ0n) is 10.8. The average Bonchev–Trinajstić information content (AvgIpc) is 2.38. The van der Waals surface area contributed by atoms with Gasteiger partial charge in [-0.3, -0.25) is 0 Å². The largest absolute Gasteiger partial charge is 0.304 e. The second-order valence-electron chi connectivity index (χ2n) is 4.75. The van der Waals surface area contributed by atoms with Gasteiger partial charge in [0.25, 0.3) is 0 Å². The fraction of sp³-hybridized carbons (Fsp3) is 0.667. The first-order chi connectivity index (χ1) is 8.52. The van der Waals surface area contributed by atoms with E-state index in [0.717, 1.165) is 32.5 Å². The Bertz CT molecular complexity index is 508. The van der Waals surface area contributed by atoms with Crippen LogP contribution in [0.2, 0.25) is 0 Å². The van der Waals surface area contributed by atoms with Crippen LogP contribution in [-0.2, 0) is 9.84 Å². The van der Waals surface area contributed by atoms with Crippen molar-refractivity contribution in [3.05, 3.63) is 18.2 Å². The van der Waals surface area contributed by atoms with Crippen molar-refractivity contribution in [3.8, 4) is 0 Å². The summed E-state index contributed by atoms with van der Waals surface area (Å²) in [6.07, 6.45) is 6.01. The van der Waals surface area contributed by atoms with Crippen LogP contribution < -0.4 is 0 Å². The van der Waals surface area contributed by atoms with Gasteiger partial charge < -0.3 is 4.90 Å². The van der Waals surface area contributed by atoms with E-state index in [1.165, 1.54) is 18.8 Å². The molecule has 1 aromatic rings. The number of hydrogen-bond donors (Lipinski definition) is 0. The number of rotatable bonds is 3. The van der Waals surface area contributed by atoms with Crippen molar-refractivity contribution in [2.45, 2.75) is 30.6 Å². The molecule has 1 fully saturated rings. The Morgan fingerprint density at radius 2 is 2.06 bits per heavy atom. The lowest BCUT2D eigenvalue weighted by Crippen LogP contribution is -2.33. The Morgan fingerprint density at radius 3 is 2.61 bits per heavy atom. The average molecular weight is 269 g/mol. The topological polar surface area (TPSA) is 63.2 Å². The number of piperidine rings is 1. The zero-order chi connectivity index (χ0) is 13.2. The van der Waals surface area contributed by atoms with Gasteiger partial charge in [-0.15, -0.1) is 0 Å². The van der Waals surface area contributed by atoms with Gasteiger partial charge in [0.1, 0.15) is 11.2 Å². The van der Waals surface area contributed by atoms with Gasteiger partial charge in [0.2, 0.25) is 0 Å². The van der Waals surface area contributed by atoms with Crippen LogP contribution in [0.1, 0.15) is 31.4 Å². The lowest BCUT2D eigenvalue weighted by Gasteiger charge is -2.31. The van der Waals surface area contributed by atoms with Crippen molar-refractivity contribution >= 4 is 9.84 Å². The molecular weight excluding hydrogens is 250 g/mol. The van der Waals surface area contributed by atoms with E-state index < -0.39 is 9.84 Å². The van der Waals surface area contributed by atoms with E-state index in [1.54, 1.807) is 0 Å². The molecule has 0 spiro atoms. The number of nitrogens with zero attached hydrogens (tertiary/aromatic N) is 3. The molecule has 18 heavy (non-hydrogen) atoms. The third-order valence-electron chi connectivity index (χ3n) is 3.53. The SMILES string of the molecule is CCN1CCC(c2ncncc2S(C)(=O)=O)CC1. The minimum absolute atomic E-state index is 0.237. The highest BCUT2D eigenvalue weighted by Gasteiger charge is 2.26. The molecule has 0 bridgehead atoms. The van der Waals surface area contributed by atoms with Gasteiger partial charge in [-0.2, -0.15) is 0 Å². The van der Waals surface area contributed by atoms with E-state index >= 15 is 0 Å². The summed E-state index contributed by atoms with van der Waals surface area (Å²) in [5.41, 5.74) is 0.697. The highest BCUT2D eigenvalue weighted by atomic mass is 32.2. The smallest absolute Gasteiger partial charge is 0.178 e. The summed E-state index contributed by atoms with van der Waals surface area (Å²) in [5.74, 6) is 0.237. The molecule has 1 aliphatic heterocycles. The summed E-state index contributed by atoms with van der Waals surface area (Å²) in [6.45, 7) is 5.21. The van der Waals surface area contributed by atoms with E-state index in [1.807, 2.05) is 0 Å². The molecule has 1 aromatic heterocycles. The second-order valence-corrected chi connectivity index (χ2v) is 6.74. The molecule has 2 rings (SSSR count). The van der Waals surface area contributed by atoms with Gasteiger partial charge >= 0.3 is 0 Å². The quantitative estimate of drug-likeness (QED) is 0.821. The van der Waals surface area contributed by atoms with Crippen LogP contribution in [0.4, 0.5) is 0 Å². The Labute approximate surface area is 108 Å². The number of sulfone groups is 1. The van der Waals surface area contributed by atoms with Crippen LogP contribution >= 0.6 is 0 Å². The predicted octanol–water partition coefficient (Wildman–Crippen LogP) is 1.08. The maximum Gasteiger partial charge on any atom is 0.178 e. The lowest BCUT2D eigenvalue weighted by molar-refractivity contribution is 0.219. The molecule has 0 unspecified atom stereocenters. The normalized spacial score (nSPS) is 19.0. The first-order valence-corrected chi connectivity index (χ1v) is 8.13. The Balaban J connectivity index is 2.25. The standard InChI is InChI=1S/C12H19N3O2S/c1-3-15-6-4-10(5-7-15)12-11(18(2,16)17)8-13-9-14-12/h8-10H,3-7H2,1-2H3. The minimum Gasteiger partial charge on any atom is -0.304 e. The first kappa shape index (κ1) is 13.4. The van der Waals surface area contributed by atoms with Crippen molar-refractivity contribution in [1.82, 2.24) is 14.9 Å². The highest BCUT2D eigenvalue weighted by molar-refractivity contribution is 7.90. The van der Waals surface area contributed by atoms with E-state index in [4.69, 9.17) is 0 Å². The van der Waals surface area contributed by atoms with Crippen molar-refractivity contribution < 1.29 is 8.42 Å². The summed E-state index contributed by atoms with van der Waals surface area (Å²) in [5, 5.41) is 0. The molecule has 2 heterocycles. The van der Waals surface area contributed by atoms with Gasteiger partial charge in [0.15, 0.2) is 9.84 Å². The Morgan fingerprint density at radius 1 is 1.39 bits per heavy atom. The Hall–Kier alpha value is -1.01. The summed E-state index contributed by atoms with van der Waals surface area (Å²) in [4.78, 5) is 10.7. The highest BCUT2D eigenvalue weighted by Crippen LogP contribution is 2.30. The van der Waals surface area contributed by atoms with Gasteiger partial charge in [-0.05, 0) is 32.5 Å². The molecular formula is C12H19N3O2S. The fourth-order valence-electron chi connectivity index (χ4n) is 2.44. The van der Waals surface area contributed by atoms with E-state index in [0.29, 0.717) is 10.6 Å². The molecule has 1 saturated heterocycles. The van der Waals surface area contributed by atoms with Crippen molar-refractivity contribution in [3.63, 3.8) is 0 Å². The molecule has 0 radical (unpaired) electrons. The number of likely N-dealkylation sites (tertiary alicyclic amines) is 1. The monoisotopic (exact) mass is 269 g/mol. The molecule has 0 amide bonds. The van der Waals surface area contributed by atoms with Gasteiger partial charge in [0.05, 0.1) is 5.69 Å². The second kappa shape index (κ2) is 5.32. The van der Waals surface area contributed by atoms with E-state index in [-0.39, 0.29) is 5.92 Å². The summed E-state index contributed by atoms with van der Waals surface area (Å²) in [6, 6.07) is 0. The van der Waals surface area contributed by atoms with Gasteiger partial charge in [-0.25, -0.2) is 18.4 Å². The van der Waals surface area contributed by atoms with E-state index in [2.05, 4.69) is 21.8 Å². The van der Waals surface area contributed by atoms with Crippen molar-refractivity contribution in [2.75, 3.05) is 25.9 Å². The molecule has 100 valence electrons. The van der Waals surface area contributed by atoms with Crippen LogP contribution in [-0.4, -0.2) is 49.2 Å². The molecule has 0 N–H and O–H groups in total. The van der Waals surface area contributed by atoms with E-state index in [9.17, 15) is 8.42 Å². The zero-order valence-corrected chi connectivity index (χ0v) is 11.7. The molecule has 1 aliphatic rings. The summed E-state index contributed by atoms with van der Waals surface area (Å²) < 4.78 is 23.5. The summed E-state index contributed by atoms with van der Waals surface area (Å²) in [7, 11) is -3.24. The van der Waals surface area contributed by atoms with Gasteiger partial charge in [0, 0.05) is 18.4 Å². The van der Waals surface area contributed by atoms with Crippen LogP contribution in [0.3, 0.4) is 0 Å². The molecule has 0 aliphatic carbocycles. The molecule has 0 saturated carbocycles. The third-order valence-corrected chi connectivity index (χ3v) is 4.64. The third kappa shape index (κ3) is 2.87.